The number of rotatable bonds is 8. The smallest absolute Gasteiger partial charge is 0.234 e. The third kappa shape index (κ3) is 4.49. The maximum atomic E-state index is 6.14. The van der Waals surface area contributed by atoms with Gasteiger partial charge in [-0.3, -0.25) is 4.98 Å². The van der Waals surface area contributed by atoms with Crippen molar-refractivity contribution < 1.29 is 4.74 Å². The monoisotopic (exact) mass is 252 g/mol. The van der Waals surface area contributed by atoms with Gasteiger partial charge in [0.1, 0.15) is 5.82 Å². The molecule has 0 aliphatic rings. The summed E-state index contributed by atoms with van der Waals surface area (Å²) in [6, 6.07) is 0.137. The zero-order chi connectivity index (χ0) is 13.4. The molecule has 102 valence electrons. The van der Waals surface area contributed by atoms with E-state index in [4.69, 9.17) is 10.5 Å². The van der Waals surface area contributed by atoms with E-state index in [2.05, 4.69) is 29.1 Å². The second-order valence-corrected chi connectivity index (χ2v) is 4.30. The summed E-state index contributed by atoms with van der Waals surface area (Å²) in [4.78, 5) is 8.37. The minimum atomic E-state index is 0.137. The van der Waals surface area contributed by atoms with E-state index in [1.807, 2.05) is 6.92 Å². The minimum absolute atomic E-state index is 0.137. The van der Waals surface area contributed by atoms with Gasteiger partial charge in [0, 0.05) is 12.6 Å². The summed E-state index contributed by atoms with van der Waals surface area (Å²) in [5.41, 5.74) is 6.14. The number of nitrogens with one attached hydrogen (secondary N) is 1. The lowest BCUT2D eigenvalue weighted by molar-refractivity contribution is 0.325. The van der Waals surface area contributed by atoms with Crippen molar-refractivity contribution >= 4 is 5.82 Å². The molecule has 0 aliphatic carbocycles. The quantitative estimate of drug-likeness (QED) is 0.740. The van der Waals surface area contributed by atoms with Crippen LogP contribution in [0.3, 0.4) is 0 Å². The van der Waals surface area contributed by atoms with E-state index in [-0.39, 0.29) is 6.04 Å². The molecule has 1 aromatic heterocycles. The Labute approximate surface area is 109 Å². The molecule has 18 heavy (non-hydrogen) atoms. The van der Waals surface area contributed by atoms with Gasteiger partial charge in [-0.1, -0.05) is 26.7 Å². The van der Waals surface area contributed by atoms with Gasteiger partial charge in [-0.05, 0) is 12.8 Å². The van der Waals surface area contributed by atoms with E-state index in [1.54, 1.807) is 12.4 Å². The first-order chi connectivity index (χ1) is 8.71. The third-order valence-corrected chi connectivity index (χ3v) is 3.08. The highest BCUT2D eigenvalue weighted by molar-refractivity contribution is 5.33. The molecule has 1 unspecified atom stereocenters. The van der Waals surface area contributed by atoms with E-state index in [1.165, 1.54) is 0 Å². The highest BCUT2D eigenvalue weighted by Crippen LogP contribution is 2.13. The van der Waals surface area contributed by atoms with Crippen LogP contribution in [0.4, 0.5) is 5.82 Å². The first-order valence-electron chi connectivity index (χ1n) is 6.65. The molecule has 0 aliphatic heterocycles. The number of nitrogens with two attached hydrogens (primary N) is 1. The van der Waals surface area contributed by atoms with Gasteiger partial charge in [-0.25, -0.2) is 0 Å². The minimum Gasteiger partial charge on any atom is -0.477 e. The fraction of sp³-hybridized carbons (Fsp3) is 0.692. The topological polar surface area (TPSA) is 73.1 Å². The summed E-state index contributed by atoms with van der Waals surface area (Å²) in [6.45, 7) is 7.56. The Balaban J connectivity index is 2.49. The van der Waals surface area contributed by atoms with E-state index in [9.17, 15) is 0 Å². The molecule has 1 atom stereocenters. The fourth-order valence-corrected chi connectivity index (χ4v) is 1.93. The zero-order valence-electron chi connectivity index (χ0n) is 11.5. The second kappa shape index (κ2) is 7.87. The summed E-state index contributed by atoms with van der Waals surface area (Å²) >= 11 is 0. The molecule has 0 amide bonds. The van der Waals surface area contributed by atoms with Crippen molar-refractivity contribution in [3.63, 3.8) is 0 Å². The number of hydrogen-bond donors (Lipinski definition) is 2. The predicted octanol–water partition coefficient (Wildman–Crippen LogP) is 2.05. The van der Waals surface area contributed by atoms with Crippen molar-refractivity contribution in [2.24, 2.45) is 11.7 Å². The molecule has 0 aromatic carbocycles. The van der Waals surface area contributed by atoms with Crippen molar-refractivity contribution in [2.45, 2.75) is 39.7 Å². The van der Waals surface area contributed by atoms with E-state index < -0.39 is 0 Å². The highest BCUT2D eigenvalue weighted by Gasteiger charge is 2.13. The number of anilines is 1. The molecule has 0 fully saturated rings. The number of aromatic nitrogens is 2. The van der Waals surface area contributed by atoms with Crippen LogP contribution in [0.2, 0.25) is 0 Å². The molecule has 0 radical (unpaired) electrons. The lowest BCUT2D eigenvalue weighted by Crippen LogP contribution is -2.36. The number of ether oxygens (including phenoxy) is 1. The van der Waals surface area contributed by atoms with Gasteiger partial charge in [0.15, 0.2) is 0 Å². The molecule has 0 saturated heterocycles. The van der Waals surface area contributed by atoms with Gasteiger partial charge in [-0.2, -0.15) is 4.98 Å². The van der Waals surface area contributed by atoms with Gasteiger partial charge in [0.2, 0.25) is 5.88 Å². The summed E-state index contributed by atoms with van der Waals surface area (Å²) in [5, 5.41) is 3.21. The van der Waals surface area contributed by atoms with Crippen LogP contribution in [0.1, 0.15) is 33.6 Å². The first kappa shape index (κ1) is 14.7. The number of hydrogen-bond acceptors (Lipinski definition) is 5. The average Bonchev–Trinajstić information content (AvgIpc) is 2.39. The lowest BCUT2D eigenvalue weighted by Gasteiger charge is -2.21. The first-order valence-corrected chi connectivity index (χ1v) is 6.65. The molecule has 0 spiro atoms. The van der Waals surface area contributed by atoms with Gasteiger partial charge in [-0.15, -0.1) is 0 Å². The van der Waals surface area contributed by atoms with Crippen molar-refractivity contribution in [3.05, 3.63) is 12.4 Å². The van der Waals surface area contributed by atoms with Gasteiger partial charge < -0.3 is 15.8 Å². The Kier molecular flexibility index (Phi) is 6.43. The van der Waals surface area contributed by atoms with Crippen LogP contribution in [0.25, 0.3) is 0 Å². The molecule has 0 saturated carbocycles. The summed E-state index contributed by atoms with van der Waals surface area (Å²) in [5.74, 6) is 1.79. The molecule has 5 nitrogen and oxygen atoms in total. The highest BCUT2D eigenvalue weighted by atomic mass is 16.5. The zero-order valence-corrected chi connectivity index (χ0v) is 11.5. The lowest BCUT2D eigenvalue weighted by atomic mass is 9.95. The van der Waals surface area contributed by atoms with Crippen LogP contribution in [0.5, 0.6) is 5.88 Å². The molecular formula is C13H24N4O. The van der Waals surface area contributed by atoms with Crippen molar-refractivity contribution in [1.82, 2.24) is 9.97 Å². The van der Waals surface area contributed by atoms with Crippen LogP contribution >= 0.6 is 0 Å². The van der Waals surface area contributed by atoms with Gasteiger partial charge >= 0.3 is 0 Å². The van der Waals surface area contributed by atoms with Crippen molar-refractivity contribution in [3.8, 4) is 5.88 Å². The summed E-state index contributed by atoms with van der Waals surface area (Å²) < 4.78 is 5.30. The maximum Gasteiger partial charge on any atom is 0.234 e. The van der Waals surface area contributed by atoms with Crippen molar-refractivity contribution in [2.75, 3.05) is 18.5 Å². The van der Waals surface area contributed by atoms with Crippen LogP contribution in [-0.4, -0.2) is 29.2 Å². The Bertz CT molecular complexity index is 342. The molecule has 0 bridgehead atoms. The molecule has 1 rings (SSSR count). The Morgan fingerprint density at radius 3 is 2.61 bits per heavy atom. The Hall–Kier alpha value is -1.36. The third-order valence-electron chi connectivity index (χ3n) is 3.08. The van der Waals surface area contributed by atoms with Gasteiger partial charge in [0.05, 0.1) is 19.0 Å². The van der Waals surface area contributed by atoms with E-state index in [0.29, 0.717) is 30.8 Å². The normalized spacial score (nSPS) is 12.5. The standard InChI is InChI=1S/C13H24N4O/c1-4-10(5-2)11(14)7-16-12-8-15-9-13(17-12)18-6-3/h8-11H,4-7,14H2,1-3H3,(H,16,17). The summed E-state index contributed by atoms with van der Waals surface area (Å²) in [6.07, 6.45) is 5.49. The molecule has 3 N–H and O–H groups in total. The summed E-state index contributed by atoms with van der Waals surface area (Å²) in [7, 11) is 0. The SMILES string of the molecule is CCOc1cncc(NCC(N)C(CC)CC)n1. The van der Waals surface area contributed by atoms with Gasteiger partial charge in [0.25, 0.3) is 0 Å². The molecule has 1 aromatic rings. The van der Waals surface area contributed by atoms with Crippen LogP contribution < -0.4 is 15.8 Å². The predicted molar refractivity (Wildman–Crippen MR) is 73.7 cm³/mol. The fourth-order valence-electron chi connectivity index (χ4n) is 1.93. The molecule has 5 heteroatoms. The average molecular weight is 252 g/mol. The molecular weight excluding hydrogens is 228 g/mol. The van der Waals surface area contributed by atoms with E-state index >= 15 is 0 Å². The van der Waals surface area contributed by atoms with Crippen molar-refractivity contribution in [1.29, 1.82) is 0 Å². The molecule has 1 heterocycles. The van der Waals surface area contributed by atoms with Crippen LogP contribution in [-0.2, 0) is 0 Å². The van der Waals surface area contributed by atoms with Crippen LogP contribution in [0, 0.1) is 5.92 Å². The second-order valence-electron chi connectivity index (χ2n) is 4.30. The number of nitrogens with zero attached hydrogens (tertiary/aromatic N) is 2. The Morgan fingerprint density at radius 1 is 1.28 bits per heavy atom. The van der Waals surface area contributed by atoms with E-state index in [0.717, 1.165) is 12.8 Å². The maximum absolute atomic E-state index is 6.14. The Morgan fingerprint density at radius 2 is 2.00 bits per heavy atom. The largest absolute Gasteiger partial charge is 0.477 e. The van der Waals surface area contributed by atoms with Crippen LogP contribution in [0.15, 0.2) is 12.4 Å².